The number of hydrogen-bond acceptors (Lipinski definition) is 7. The average Bonchev–Trinajstić information content (AvgIpc) is 2.45. The van der Waals surface area contributed by atoms with E-state index in [0.29, 0.717) is 23.5 Å². The molecular formula is C11H16N4O3S2. The zero-order valence-electron chi connectivity index (χ0n) is 10.9. The number of nitrogens with two attached hydrogens (primary N) is 1. The van der Waals surface area contributed by atoms with Crippen molar-refractivity contribution in [2.45, 2.75) is 5.37 Å². The number of oxime groups is 1. The van der Waals surface area contributed by atoms with E-state index in [4.69, 9.17) is 10.9 Å². The Balaban J connectivity index is 2.49. The molecule has 9 heteroatoms. The first kappa shape index (κ1) is 14.9. The number of rotatable bonds is 3. The lowest BCUT2D eigenvalue weighted by Crippen LogP contribution is -2.47. The van der Waals surface area contributed by atoms with E-state index in [1.54, 1.807) is 28.9 Å². The number of hydrogen-bond donors (Lipinski definition) is 2. The van der Waals surface area contributed by atoms with Crippen molar-refractivity contribution in [1.29, 1.82) is 0 Å². The Morgan fingerprint density at radius 2 is 2.40 bits per heavy atom. The minimum atomic E-state index is -3.24. The Bertz CT molecular complexity index is 618. The van der Waals surface area contributed by atoms with Gasteiger partial charge in [0.05, 0.1) is 11.9 Å². The van der Waals surface area contributed by atoms with Crippen LogP contribution in [0, 0.1) is 0 Å². The summed E-state index contributed by atoms with van der Waals surface area (Å²) in [5.74, 6) is 1.24. The second-order valence-electron chi connectivity index (χ2n) is 4.43. The molecule has 0 aromatic carbocycles. The van der Waals surface area contributed by atoms with Crippen molar-refractivity contribution in [2.75, 3.05) is 29.2 Å². The number of amidine groups is 1. The topological polar surface area (TPSA) is 109 Å². The summed E-state index contributed by atoms with van der Waals surface area (Å²) in [6, 6.07) is 1.60. The Morgan fingerprint density at radius 3 is 3.05 bits per heavy atom. The first-order chi connectivity index (χ1) is 9.45. The molecule has 2 rings (SSSR count). The van der Waals surface area contributed by atoms with Crippen LogP contribution < -0.4 is 10.6 Å². The van der Waals surface area contributed by atoms with Crippen molar-refractivity contribution in [3.8, 4) is 0 Å². The van der Waals surface area contributed by atoms with Gasteiger partial charge in [-0.15, -0.1) is 0 Å². The maximum Gasteiger partial charge on any atom is 0.172 e. The Morgan fingerprint density at radius 1 is 1.65 bits per heavy atom. The fourth-order valence-electron chi connectivity index (χ4n) is 2.10. The van der Waals surface area contributed by atoms with Gasteiger partial charge in [0.1, 0.15) is 5.37 Å². The van der Waals surface area contributed by atoms with Crippen LogP contribution in [-0.4, -0.2) is 54.1 Å². The van der Waals surface area contributed by atoms with Crippen LogP contribution in [0.3, 0.4) is 0 Å². The molecule has 0 radical (unpaired) electrons. The fourth-order valence-corrected chi connectivity index (χ4v) is 4.93. The maximum atomic E-state index is 11.9. The Labute approximate surface area is 121 Å². The lowest BCUT2D eigenvalue weighted by atomic mass is 10.2. The molecule has 0 aliphatic carbocycles. The van der Waals surface area contributed by atoms with Crippen LogP contribution in [0.1, 0.15) is 5.56 Å². The molecule has 1 saturated heterocycles. The van der Waals surface area contributed by atoms with Gasteiger partial charge in [0.2, 0.25) is 0 Å². The minimum absolute atomic E-state index is 0.0622. The van der Waals surface area contributed by atoms with E-state index >= 15 is 0 Å². The van der Waals surface area contributed by atoms with Crippen molar-refractivity contribution in [3.63, 3.8) is 0 Å². The summed E-state index contributed by atoms with van der Waals surface area (Å²) >= 11 is 1.60. The van der Waals surface area contributed by atoms with Gasteiger partial charge < -0.3 is 15.8 Å². The highest BCUT2D eigenvalue weighted by molar-refractivity contribution is 8.01. The molecule has 3 N–H and O–H groups in total. The molecule has 1 aliphatic rings. The molecule has 20 heavy (non-hydrogen) atoms. The molecule has 0 saturated carbocycles. The fraction of sp³-hybridized carbons (Fsp3) is 0.455. The number of sulfone groups is 1. The van der Waals surface area contributed by atoms with Crippen LogP contribution in [0.4, 0.5) is 5.69 Å². The van der Waals surface area contributed by atoms with Gasteiger partial charge in [-0.25, -0.2) is 8.42 Å². The second-order valence-corrected chi connectivity index (χ2v) is 7.78. The summed E-state index contributed by atoms with van der Waals surface area (Å²) < 4.78 is 23.9. The molecule has 110 valence electrons. The highest BCUT2D eigenvalue weighted by atomic mass is 32.2. The highest BCUT2D eigenvalue weighted by Crippen LogP contribution is 2.28. The summed E-state index contributed by atoms with van der Waals surface area (Å²) in [5, 5.41) is 11.2. The van der Waals surface area contributed by atoms with Crippen LogP contribution in [0.2, 0.25) is 0 Å². The standard InChI is InChI=1S/C11H16N4O3S2/c1-20(17,18)10-7-19-5-4-15(10)9-6-13-3-2-8(9)11(12)14-16/h2-3,6,10,16H,4-5,7H2,1H3,(H2,12,14). The van der Waals surface area contributed by atoms with Gasteiger partial charge in [0, 0.05) is 36.1 Å². The number of aromatic nitrogens is 1. The van der Waals surface area contributed by atoms with E-state index < -0.39 is 15.2 Å². The number of anilines is 1. The minimum Gasteiger partial charge on any atom is -0.409 e. The van der Waals surface area contributed by atoms with Crippen molar-refractivity contribution in [3.05, 3.63) is 24.0 Å². The third kappa shape index (κ3) is 2.98. The molecule has 1 atom stereocenters. The van der Waals surface area contributed by atoms with Crippen LogP contribution >= 0.6 is 11.8 Å². The number of nitrogens with zero attached hydrogens (tertiary/aromatic N) is 3. The van der Waals surface area contributed by atoms with Gasteiger partial charge in [-0.3, -0.25) is 4.98 Å². The first-order valence-electron chi connectivity index (χ1n) is 5.90. The predicted octanol–water partition coefficient (Wildman–Crippen LogP) is 0.1000. The SMILES string of the molecule is CS(=O)(=O)C1CSCCN1c1cnccc1/C(N)=N/O. The lowest BCUT2D eigenvalue weighted by Gasteiger charge is -2.36. The molecular weight excluding hydrogens is 300 g/mol. The molecule has 0 spiro atoms. The normalized spacial score (nSPS) is 20.9. The Kier molecular flexibility index (Phi) is 4.39. The highest BCUT2D eigenvalue weighted by Gasteiger charge is 2.32. The number of thioether (sulfide) groups is 1. The van der Waals surface area contributed by atoms with Crippen LogP contribution in [0.5, 0.6) is 0 Å². The third-order valence-electron chi connectivity index (χ3n) is 3.07. The molecule has 1 fully saturated rings. The van der Waals surface area contributed by atoms with Crippen molar-refractivity contribution >= 4 is 33.1 Å². The van der Waals surface area contributed by atoms with E-state index in [1.807, 2.05) is 0 Å². The zero-order valence-corrected chi connectivity index (χ0v) is 12.6. The van der Waals surface area contributed by atoms with Crippen LogP contribution in [0.25, 0.3) is 0 Å². The molecule has 1 aromatic heterocycles. The molecule has 7 nitrogen and oxygen atoms in total. The summed E-state index contributed by atoms with van der Waals surface area (Å²) in [6.45, 7) is 0.569. The van der Waals surface area contributed by atoms with Gasteiger partial charge in [-0.05, 0) is 6.07 Å². The van der Waals surface area contributed by atoms with Gasteiger partial charge in [-0.2, -0.15) is 11.8 Å². The Hall–Kier alpha value is -1.48. The van der Waals surface area contributed by atoms with Crippen molar-refractivity contribution in [1.82, 2.24) is 4.98 Å². The lowest BCUT2D eigenvalue weighted by molar-refractivity contribution is 0.318. The van der Waals surface area contributed by atoms with E-state index in [-0.39, 0.29) is 5.84 Å². The van der Waals surface area contributed by atoms with Gasteiger partial charge in [0.25, 0.3) is 0 Å². The molecule has 1 unspecified atom stereocenters. The van der Waals surface area contributed by atoms with E-state index in [1.165, 1.54) is 12.5 Å². The summed E-state index contributed by atoms with van der Waals surface area (Å²) in [7, 11) is -3.24. The first-order valence-corrected chi connectivity index (χ1v) is 9.01. The predicted molar refractivity (Wildman–Crippen MR) is 80.1 cm³/mol. The monoisotopic (exact) mass is 316 g/mol. The largest absolute Gasteiger partial charge is 0.409 e. The molecule has 1 aromatic rings. The number of pyridine rings is 1. The van der Waals surface area contributed by atoms with Gasteiger partial charge >= 0.3 is 0 Å². The molecule has 2 heterocycles. The molecule has 1 aliphatic heterocycles. The smallest absolute Gasteiger partial charge is 0.172 e. The molecule has 0 bridgehead atoms. The van der Waals surface area contributed by atoms with Gasteiger partial charge in [0.15, 0.2) is 15.7 Å². The summed E-state index contributed by atoms with van der Waals surface area (Å²) in [5.41, 5.74) is 6.69. The van der Waals surface area contributed by atoms with Crippen molar-refractivity contribution < 1.29 is 13.6 Å². The van der Waals surface area contributed by atoms with E-state index in [9.17, 15) is 8.42 Å². The molecule has 0 amide bonds. The van der Waals surface area contributed by atoms with Crippen LogP contribution in [0.15, 0.2) is 23.6 Å². The zero-order chi connectivity index (χ0) is 14.8. The van der Waals surface area contributed by atoms with Crippen LogP contribution in [-0.2, 0) is 9.84 Å². The average molecular weight is 316 g/mol. The third-order valence-corrected chi connectivity index (χ3v) is 5.72. The quantitative estimate of drug-likeness (QED) is 0.352. The van der Waals surface area contributed by atoms with E-state index in [2.05, 4.69) is 10.1 Å². The summed E-state index contributed by atoms with van der Waals surface area (Å²) in [4.78, 5) is 5.77. The maximum absolute atomic E-state index is 11.9. The van der Waals surface area contributed by atoms with Gasteiger partial charge in [-0.1, -0.05) is 5.16 Å². The van der Waals surface area contributed by atoms with Crippen molar-refractivity contribution in [2.24, 2.45) is 10.9 Å². The summed E-state index contributed by atoms with van der Waals surface area (Å²) in [6.07, 6.45) is 4.28. The second kappa shape index (κ2) is 5.88. The van der Waals surface area contributed by atoms with E-state index in [0.717, 1.165) is 5.75 Å².